The number of halogens is 3. The Morgan fingerprint density at radius 2 is 1.83 bits per heavy atom. The van der Waals surface area contributed by atoms with Gasteiger partial charge in [0.25, 0.3) is 5.91 Å². The van der Waals surface area contributed by atoms with E-state index in [1.165, 1.54) is 35.0 Å². The number of alkyl halides is 3. The van der Waals surface area contributed by atoms with Crippen LogP contribution in [0.3, 0.4) is 0 Å². The van der Waals surface area contributed by atoms with E-state index in [4.69, 9.17) is 5.73 Å². The molecular weight excluding hydrogens is 391 g/mol. The number of rotatable bonds is 5. The van der Waals surface area contributed by atoms with Gasteiger partial charge < -0.3 is 15.2 Å². The van der Waals surface area contributed by atoms with Crippen LogP contribution in [0.2, 0.25) is 0 Å². The summed E-state index contributed by atoms with van der Waals surface area (Å²) in [6.45, 7) is 0. The van der Waals surface area contributed by atoms with Crippen molar-refractivity contribution in [3.63, 3.8) is 0 Å². The highest BCUT2D eigenvalue weighted by Gasteiger charge is 2.32. The van der Waals surface area contributed by atoms with Gasteiger partial charge in [0.2, 0.25) is 5.82 Å². The third-order valence-corrected chi connectivity index (χ3v) is 3.87. The number of aromatic nitrogens is 2. The summed E-state index contributed by atoms with van der Waals surface area (Å²) in [5, 5.41) is 0. The zero-order chi connectivity index (χ0) is 21.2. The molecule has 0 spiro atoms. The minimum Gasteiger partial charge on any atom is -0.464 e. The topological polar surface area (TPSA) is 96.4 Å². The molecule has 1 aromatic heterocycles. The number of hydrogen-bond acceptors (Lipinski definition) is 5. The maximum atomic E-state index is 12.7. The number of imidazole rings is 1. The molecule has 7 nitrogen and oxygen atoms in total. The number of carbonyl (C=O) groups is 2. The Hall–Kier alpha value is -3.82. The third kappa shape index (κ3) is 4.37. The van der Waals surface area contributed by atoms with Crippen molar-refractivity contribution in [1.82, 2.24) is 9.55 Å². The zero-order valence-electron chi connectivity index (χ0n) is 14.9. The maximum Gasteiger partial charge on any atom is 0.573 e. The van der Waals surface area contributed by atoms with Crippen molar-refractivity contribution in [2.24, 2.45) is 5.73 Å². The first-order chi connectivity index (χ1) is 13.7. The van der Waals surface area contributed by atoms with Gasteiger partial charge in [-0.15, -0.1) is 13.2 Å². The Kier molecular flexibility index (Phi) is 5.26. The fourth-order valence-electron chi connectivity index (χ4n) is 2.70. The summed E-state index contributed by atoms with van der Waals surface area (Å²) in [4.78, 5) is 27.3. The number of ether oxygens (including phenoxy) is 2. The van der Waals surface area contributed by atoms with Crippen molar-refractivity contribution >= 4 is 11.9 Å². The average molecular weight is 405 g/mol. The number of nitrogens with two attached hydrogens (primary N) is 1. The summed E-state index contributed by atoms with van der Waals surface area (Å²) in [7, 11) is 1.16. The van der Waals surface area contributed by atoms with Crippen LogP contribution in [0.5, 0.6) is 5.75 Å². The van der Waals surface area contributed by atoms with Crippen molar-refractivity contribution in [2.45, 2.75) is 6.36 Å². The van der Waals surface area contributed by atoms with Crippen molar-refractivity contribution in [3.8, 4) is 22.6 Å². The normalized spacial score (nSPS) is 11.2. The molecular formula is C19H14F3N3O4. The second kappa shape index (κ2) is 7.66. The predicted molar refractivity (Wildman–Crippen MR) is 95.5 cm³/mol. The van der Waals surface area contributed by atoms with Gasteiger partial charge in [-0.1, -0.05) is 30.3 Å². The average Bonchev–Trinajstić information content (AvgIpc) is 3.12. The monoisotopic (exact) mass is 405 g/mol. The minimum absolute atomic E-state index is 0.146. The number of benzene rings is 2. The van der Waals surface area contributed by atoms with E-state index < -0.39 is 18.2 Å². The molecule has 0 aliphatic rings. The minimum atomic E-state index is -4.85. The van der Waals surface area contributed by atoms with Crippen molar-refractivity contribution in [2.75, 3.05) is 7.11 Å². The number of amides is 1. The van der Waals surface area contributed by atoms with Crippen molar-refractivity contribution in [1.29, 1.82) is 0 Å². The highest BCUT2D eigenvalue weighted by atomic mass is 19.4. The number of carbonyl (C=O) groups excluding carboxylic acids is 2. The second-order valence-electron chi connectivity index (χ2n) is 5.77. The summed E-state index contributed by atoms with van der Waals surface area (Å²) in [5.41, 5.74) is 6.09. The molecule has 0 unspecified atom stereocenters. The highest BCUT2D eigenvalue weighted by molar-refractivity contribution is 5.93. The van der Waals surface area contributed by atoms with Gasteiger partial charge in [-0.3, -0.25) is 9.36 Å². The fraction of sp³-hybridized carbons (Fsp3) is 0.105. The summed E-state index contributed by atoms with van der Waals surface area (Å²) < 4.78 is 48.0. The molecule has 0 saturated carbocycles. The molecule has 150 valence electrons. The lowest BCUT2D eigenvalue weighted by atomic mass is 10.0. The van der Waals surface area contributed by atoms with Gasteiger partial charge >= 0.3 is 12.3 Å². The number of esters is 1. The molecule has 3 aromatic rings. The van der Waals surface area contributed by atoms with Gasteiger partial charge in [0.15, 0.2) is 5.69 Å². The summed E-state index contributed by atoms with van der Waals surface area (Å²) >= 11 is 0. The van der Waals surface area contributed by atoms with Gasteiger partial charge in [-0.05, 0) is 23.8 Å². The molecule has 0 bridgehead atoms. The van der Waals surface area contributed by atoms with E-state index in [-0.39, 0.29) is 22.8 Å². The van der Waals surface area contributed by atoms with Crippen molar-refractivity contribution in [3.05, 3.63) is 66.2 Å². The van der Waals surface area contributed by atoms with E-state index in [1.54, 1.807) is 24.3 Å². The summed E-state index contributed by atoms with van der Waals surface area (Å²) in [6, 6.07) is 11.9. The number of nitrogens with zero attached hydrogens (tertiary/aromatic N) is 2. The summed E-state index contributed by atoms with van der Waals surface area (Å²) in [6.07, 6.45) is -3.60. The molecule has 2 N–H and O–H groups in total. The van der Waals surface area contributed by atoms with Gasteiger partial charge in [0.1, 0.15) is 5.75 Å². The molecule has 0 radical (unpaired) electrons. The van der Waals surface area contributed by atoms with E-state index in [0.717, 1.165) is 7.11 Å². The molecule has 0 aliphatic heterocycles. The Bertz CT molecular complexity index is 1080. The number of para-hydroxylation sites is 1. The van der Waals surface area contributed by atoms with Crippen LogP contribution in [0.1, 0.15) is 21.1 Å². The van der Waals surface area contributed by atoms with E-state index in [0.29, 0.717) is 11.3 Å². The Balaban J connectivity index is 2.10. The van der Waals surface area contributed by atoms with E-state index in [9.17, 15) is 22.8 Å². The van der Waals surface area contributed by atoms with Gasteiger partial charge in [-0.25, -0.2) is 9.78 Å². The lowest BCUT2D eigenvalue weighted by molar-refractivity contribution is -0.274. The van der Waals surface area contributed by atoms with Crippen LogP contribution in [0.4, 0.5) is 13.2 Å². The first-order valence-corrected chi connectivity index (χ1v) is 8.12. The Morgan fingerprint density at radius 1 is 1.10 bits per heavy atom. The van der Waals surface area contributed by atoms with Crippen LogP contribution in [0.25, 0.3) is 16.8 Å². The highest BCUT2D eigenvalue weighted by Crippen LogP contribution is 2.34. The Labute approximate surface area is 162 Å². The van der Waals surface area contributed by atoms with Gasteiger partial charge in [0, 0.05) is 17.4 Å². The van der Waals surface area contributed by atoms with Crippen LogP contribution in [-0.2, 0) is 4.74 Å². The smallest absolute Gasteiger partial charge is 0.464 e. The molecule has 29 heavy (non-hydrogen) atoms. The predicted octanol–water partition coefficient (Wildman–Crippen LogP) is 3.32. The quantitative estimate of drug-likeness (QED) is 0.657. The van der Waals surface area contributed by atoms with E-state index >= 15 is 0 Å². The largest absolute Gasteiger partial charge is 0.573 e. The SMILES string of the molecule is COC(=O)c1cn(-c2cccc(-c3ccccc3OC(F)(F)F)c2)c(C(N)=O)n1. The molecule has 1 heterocycles. The molecule has 1 amide bonds. The first kappa shape index (κ1) is 19.9. The maximum absolute atomic E-state index is 12.7. The Morgan fingerprint density at radius 3 is 2.48 bits per heavy atom. The molecule has 3 rings (SSSR count). The van der Waals surface area contributed by atoms with Gasteiger partial charge in [0.05, 0.1) is 7.11 Å². The lowest BCUT2D eigenvalue weighted by Crippen LogP contribution is -2.18. The fourth-order valence-corrected chi connectivity index (χ4v) is 2.70. The first-order valence-electron chi connectivity index (χ1n) is 8.12. The number of hydrogen-bond donors (Lipinski definition) is 1. The molecule has 0 aliphatic carbocycles. The van der Waals surface area contributed by atoms with Crippen LogP contribution in [0.15, 0.2) is 54.7 Å². The number of primary amides is 1. The standard InChI is InChI=1S/C19H14F3N3O4/c1-28-18(27)14-10-25(17(24-14)16(23)26)12-6-4-5-11(9-12)13-7-2-3-8-15(13)29-19(20,21)22/h2-10H,1H3,(H2,23,26). The molecule has 0 atom stereocenters. The van der Waals surface area contributed by atoms with Crippen LogP contribution in [0, 0.1) is 0 Å². The molecule has 0 saturated heterocycles. The second-order valence-corrected chi connectivity index (χ2v) is 5.77. The lowest BCUT2D eigenvalue weighted by Gasteiger charge is -2.14. The molecule has 0 fully saturated rings. The molecule has 2 aromatic carbocycles. The van der Waals surface area contributed by atoms with Crippen molar-refractivity contribution < 1.29 is 32.2 Å². The van der Waals surface area contributed by atoms with E-state index in [2.05, 4.69) is 14.5 Å². The van der Waals surface area contributed by atoms with Crippen LogP contribution in [-0.4, -0.2) is 34.9 Å². The van der Waals surface area contributed by atoms with Crippen LogP contribution < -0.4 is 10.5 Å². The molecule has 10 heteroatoms. The third-order valence-electron chi connectivity index (χ3n) is 3.87. The van der Waals surface area contributed by atoms with Crippen LogP contribution >= 0.6 is 0 Å². The number of methoxy groups -OCH3 is 1. The van der Waals surface area contributed by atoms with E-state index in [1.807, 2.05) is 0 Å². The van der Waals surface area contributed by atoms with Gasteiger partial charge in [-0.2, -0.15) is 0 Å². The zero-order valence-corrected chi connectivity index (χ0v) is 14.9. The summed E-state index contributed by atoms with van der Waals surface area (Å²) in [5.74, 6) is -2.28.